The van der Waals surface area contributed by atoms with Crippen LogP contribution in [0.25, 0.3) is 0 Å². The smallest absolute Gasteiger partial charge is 0.161 e. The van der Waals surface area contributed by atoms with Crippen LogP contribution in [-0.2, 0) is 0 Å². The van der Waals surface area contributed by atoms with E-state index >= 15 is 0 Å². The summed E-state index contributed by atoms with van der Waals surface area (Å²) < 4.78 is 12.0. The van der Waals surface area contributed by atoms with E-state index in [1.165, 1.54) is 24.8 Å². The van der Waals surface area contributed by atoms with Gasteiger partial charge in [-0.3, -0.25) is 4.90 Å². The van der Waals surface area contributed by atoms with Crippen LogP contribution in [0.2, 0.25) is 0 Å². The lowest BCUT2D eigenvalue weighted by Crippen LogP contribution is -2.45. The summed E-state index contributed by atoms with van der Waals surface area (Å²) in [5.41, 5.74) is 1.33. The molecular weight excluding hydrogens is 344 g/mol. The van der Waals surface area contributed by atoms with Crippen molar-refractivity contribution in [3.05, 3.63) is 22.2 Å². The lowest BCUT2D eigenvalue weighted by Gasteiger charge is -2.36. The van der Waals surface area contributed by atoms with Gasteiger partial charge in [-0.2, -0.15) is 0 Å². The number of piperazine rings is 1. The largest absolute Gasteiger partial charge is 0.493 e. The molecule has 0 aromatic heterocycles. The average Bonchev–Trinajstić information content (AvgIpc) is 3.37. The zero-order chi connectivity index (χ0) is 15.5. The zero-order valence-corrected chi connectivity index (χ0v) is 15.0. The van der Waals surface area contributed by atoms with Crippen LogP contribution in [0.3, 0.4) is 0 Å². The van der Waals surface area contributed by atoms with Crippen LogP contribution in [0.15, 0.2) is 16.6 Å². The lowest BCUT2D eigenvalue weighted by atomic mass is 9.98. The van der Waals surface area contributed by atoms with Crippen molar-refractivity contribution in [2.45, 2.75) is 25.3 Å². The topological polar surface area (TPSA) is 33.7 Å². The highest BCUT2D eigenvalue weighted by Gasteiger charge is 2.32. The number of halogens is 1. The third kappa shape index (κ3) is 3.58. The van der Waals surface area contributed by atoms with Gasteiger partial charge >= 0.3 is 0 Å². The molecule has 1 atom stereocenters. The van der Waals surface area contributed by atoms with E-state index in [1.54, 1.807) is 14.2 Å². The van der Waals surface area contributed by atoms with E-state index in [0.717, 1.165) is 48.1 Å². The molecule has 0 bridgehead atoms. The summed E-state index contributed by atoms with van der Waals surface area (Å²) in [4.78, 5) is 2.61. The Kier molecular flexibility index (Phi) is 5.26. The fourth-order valence-electron chi connectivity index (χ4n) is 3.26. The maximum absolute atomic E-state index is 5.51. The number of rotatable bonds is 6. The molecule has 1 N–H and O–H groups in total. The molecule has 1 aromatic carbocycles. The molecule has 1 saturated carbocycles. The van der Waals surface area contributed by atoms with E-state index in [1.807, 2.05) is 6.07 Å². The fourth-order valence-corrected chi connectivity index (χ4v) is 3.85. The molecule has 5 heteroatoms. The average molecular weight is 369 g/mol. The Hall–Kier alpha value is -0.780. The van der Waals surface area contributed by atoms with Crippen LogP contribution >= 0.6 is 15.9 Å². The Morgan fingerprint density at radius 1 is 1.18 bits per heavy atom. The molecule has 1 aliphatic heterocycles. The summed E-state index contributed by atoms with van der Waals surface area (Å²) in [6.45, 7) is 4.37. The van der Waals surface area contributed by atoms with Gasteiger partial charge in [0.25, 0.3) is 0 Å². The standard InChI is InChI=1S/C17H25BrN2O2/c1-21-16-10-13(14(18)11-17(16)22-2)15(9-12-3-4-12)20-7-5-19-6-8-20/h10-12,15,19H,3-9H2,1-2H3/t15-/m0/s1. The first-order valence-electron chi connectivity index (χ1n) is 8.09. The molecule has 4 nitrogen and oxygen atoms in total. The van der Waals surface area contributed by atoms with Gasteiger partial charge in [-0.05, 0) is 30.0 Å². The van der Waals surface area contributed by atoms with Gasteiger partial charge in [0.2, 0.25) is 0 Å². The summed E-state index contributed by atoms with van der Waals surface area (Å²) in [5, 5.41) is 3.45. The minimum atomic E-state index is 0.462. The van der Waals surface area contributed by atoms with Crippen LogP contribution in [0, 0.1) is 5.92 Å². The number of methoxy groups -OCH3 is 2. The quantitative estimate of drug-likeness (QED) is 0.835. The summed E-state index contributed by atoms with van der Waals surface area (Å²) in [5.74, 6) is 2.49. The van der Waals surface area contributed by atoms with Gasteiger partial charge in [-0.1, -0.05) is 28.8 Å². The Balaban J connectivity index is 1.91. The van der Waals surface area contributed by atoms with Crippen molar-refractivity contribution >= 4 is 15.9 Å². The SMILES string of the molecule is COc1cc(Br)c([C@H](CC2CC2)N2CCNCC2)cc1OC. The van der Waals surface area contributed by atoms with Crippen LogP contribution in [-0.4, -0.2) is 45.3 Å². The Bertz CT molecular complexity index is 514. The maximum Gasteiger partial charge on any atom is 0.161 e. The van der Waals surface area contributed by atoms with Gasteiger partial charge < -0.3 is 14.8 Å². The van der Waals surface area contributed by atoms with Crippen molar-refractivity contribution in [2.24, 2.45) is 5.92 Å². The highest BCUT2D eigenvalue weighted by molar-refractivity contribution is 9.10. The van der Waals surface area contributed by atoms with Crippen LogP contribution in [0.1, 0.15) is 30.9 Å². The summed E-state index contributed by atoms with van der Waals surface area (Å²) in [6.07, 6.45) is 4.01. The van der Waals surface area contributed by atoms with Crippen molar-refractivity contribution < 1.29 is 9.47 Å². The van der Waals surface area contributed by atoms with Crippen molar-refractivity contribution in [2.75, 3.05) is 40.4 Å². The highest BCUT2D eigenvalue weighted by Crippen LogP contribution is 2.44. The van der Waals surface area contributed by atoms with Gasteiger partial charge in [0, 0.05) is 36.7 Å². The van der Waals surface area contributed by atoms with E-state index in [2.05, 4.69) is 32.2 Å². The van der Waals surface area contributed by atoms with Crippen LogP contribution in [0.4, 0.5) is 0 Å². The number of hydrogen-bond donors (Lipinski definition) is 1. The van der Waals surface area contributed by atoms with E-state index in [9.17, 15) is 0 Å². The molecule has 1 aliphatic carbocycles. The van der Waals surface area contributed by atoms with E-state index in [-0.39, 0.29) is 0 Å². The van der Waals surface area contributed by atoms with Crippen molar-refractivity contribution in [3.8, 4) is 11.5 Å². The summed E-state index contributed by atoms with van der Waals surface area (Å²) in [6, 6.07) is 4.65. The first-order chi connectivity index (χ1) is 10.7. The minimum absolute atomic E-state index is 0.462. The maximum atomic E-state index is 5.51. The Morgan fingerprint density at radius 2 is 1.82 bits per heavy atom. The third-order valence-electron chi connectivity index (χ3n) is 4.71. The van der Waals surface area contributed by atoms with Crippen LogP contribution in [0.5, 0.6) is 11.5 Å². The second-order valence-corrected chi connectivity index (χ2v) is 7.06. The van der Waals surface area contributed by atoms with E-state index in [0.29, 0.717) is 6.04 Å². The number of nitrogens with one attached hydrogen (secondary N) is 1. The first-order valence-corrected chi connectivity index (χ1v) is 8.88. The molecule has 2 aliphatic rings. The van der Waals surface area contributed by atoms with Gasteiger partial charge in [-0.15, -0.1) is 0 Å². The molecular formula is C17H25BrN2O2. The Morgan fingerprint density at radius 3 is 2.41 bits per heavy atom. The number of benzene rings is 1. The number of hydrogen-bond acceptors (Lipinski definition) is 4. The van der Waals surface area contributed by atoms with Crippen molar-refractivity contribution in [1.82, 2.24) is 10.2 Å². The van der Waals surface area contributed by atoms with Crippen molar-refractivity contribution in [3.63, 3.8) is 0 Å². The van der Waals surface area contributed by atoms with Crippen LogP contribution < -0.4 is 14.8 Å². The van der Waals surface area contributed by atoms with E-state index in [4.69, 9.17) is 9.47 Å². The monoisotopic (exact) mass is 368 g/mol. The molecule has 1 saturated heterocycles. The molecule has 122 valence electrons. The molecule has 1 heterocycles. The number of ether oxygens (including phenoxy) is 2. The molecule has 1 aromatic rings. The van der Waals surface area contributed by atoms with Crippen molar-refractivity contribution in [1.29, 1.82) is 0 Å². The molecule has 2 fully saturated rings. The minimum Gasteiger partial charge on any atom is -0.493 e. The Labute approximate surface area is 141 Å². The molecule has 22 heavy (non-hydrogen) atoms. The molecule has 0 radical (unpaired) electrons. The summed E-state index contributed by atoms with van der Waals surface area (Å²) >= 11 is 3.75. The predicted molar refractivity (Wildman–Crippen MR) is 91.8 cm³/mol. The summed E-state index contributed by atoms with van der Waals surface area (Å²) in [7, 11) is 3.39. The zero-order valence-electron chi connectivity index (χ0n) is 13.4. The fraction of sp³-hybridized carbons (Fsp3) is 0.647. The highest BCUT2D eigenvalue weighted by atomic mass is 79.9. The normalized spacial score (nSPS) is 20.7. The number of nitrogens with zero attached hydrogens (tertiary/aromatic N) is 1. The predicted octanol–water partition coefficient (Wildman–Crippen LogP) is 3.21. The lowest BCUT2D eigenvalue weighted by molar-refractivity contribution is 0.159. The second-order valence-electron chi connectivity index (χ2n) is 6.21. The van der Waals surface area contributed by atoms with Gasteiger partial charge in [-0.25, -0.2) is 0 Å². The first kappa shape index (κ1) is 16.1. The molecule has 3 rings (SSSR count). The molecule has 0 unspecified atom stereocenters. The second kappa shape index (κ2) is 7.20. The van der Waals surface area contributed by atoms with Gasteiger partial charge in [0.15, 0.2) is 11.5 Å². The van der Waals surface area contributed by atoms with Gasteiger partial charge in [0.05, 0.1) is 14.2 Å². The van der Waals surface area contributed by atoms with E-state index < -0.39 is 0 Å². The molecule has 0 spiro atoms. The molecule has 0 amide bonds. The third-order valence-corrected chi connectivity index (χ3v) is 5.39. The van der Waals surface area contributed by atoms with Gasteiger partial charge in [0.1, 0.15) is 0 Å².